The van der Waals surface area contributed by atoms with E-state index in [1.54, 1.807) is 36.4 Å². The van der Waals surface area contributed by atoms with E-state index in [9.17, 15) is 13.2 Å². The Bertz CT molecular complexity index is 1410. The molecule has 1 aliphatic heterocycles. The molecule has 2 fully saturated rings. The van der Waals surface area contributed by atoms with Crippen molar-refractivity contribution in [1.29, 1.82) is 0 Å². The van der Waals surface area contributed by atoms with E-state index in [0.717, 1.165) is 6.42 Å². The van der Waals surface area contributed by atoms with Crippen LogP contribution in [0.25, 0.3) is 11.4 Å². The minimum absolute atomic E-state index is 0.0426. The maximum Gasteiger partial charge on any atom is 0.319 e. The summed E-state index contributed by atoms with van der Waals surface area (Å²) in [5, 5.41) is 14.2. The van der Waals surface area contributed by atoms with Crippen molar-refractivity contribution in [3.8, 4) is 11.4 Å². The van der Waals surface area contributed by atoms with Gasteiger partial charge >= 0.3 is 6.03 Å². The van der Waals surface area contributed by atoms with E-state index < -0.39 is 20.6 Å². The second kappa shape index (κ2) is 11.2. The van der Waals surface area contributed by atoms with Crippen LogP contribution >= 0.6 is 0 Å². The lowest BCUT2D eigenvalue weighted by atomic mass is 9.81. The molecule has 3 aromatic rings. The quantitative estimate of drug-likeness (QED) is 0.384. The molecule has 5 rings (SSSR count). The standard InChI is InChI=1S/C27H32N6O5S/c1-19-18-38-16-14-33(19)23-17-22(27(10-4-11-27)39(36,37)24-5-2-3-12-28-24)31-25(32-23)20-6-8-21(9-7-20)30-26(35)29-13-15-34/h2-3,5-9,12,17,19,34H,4,10-11,13-16,18H2,1H3,(H2,29,30,35)/t19-/m0/s1. The van der Waals surface area contributed by atoms with Gasteiger partial charge in [-0.05, 0) is 62.6 Å². The molecular weight excluding hydrogens is 520 g/mol. The minimum atomic E-state index is -3.82. The van der Waals surface area contributed by atoms with Gasteiger partial charge in [-0.2, -0.15) is 0 Å². The van der Waals surface area contributed by atoms with Crippen molar-refractivity contribution in [3.05, 3.63) is 60.4 Å². The second-order valence-electron chi connectivity index (χ2n) is 9.75. The molecule has 1 aromatic carbocycles. The minimum Gasteiger partial charge on any atom is -0.395 e. The molecular formula is C27H32N6O5S. The molecule has 206 valence electrons. The lowest BCUT2D eigenvalue weighted by molar-refractivity contribution is 0.0985. The van der Waals surface area contributed by atoms with E-state index in [2.05, 4.69) is 20.5 Å². The summed E-state index contributed by atoms with van der Waals surface area (Å²) in [5.41, 5.74) is 1.70. The van der Waals surface area contributed by atoms with Crippen molar-refractivity contribution in [3.63, 3.8) is 0 Å². The lowest BCUT2D eigenvalue weighted by Crippen LogP contribution is -2.46. The summed E-state index contributed by atoms with van der Waals surface area (Å²) in [7, 11) is -3.82. The number of carbonyl (C=O) groups is 1. The van der Waals surface area contributed by atoms with E-state index in [1.807, 2.05) is 13.0 Å². The first-order valence-electron chi connectivity index (χ1n) is 13.0. The molecule has 0 bridgehead atoms. The lowest BCUT2D eigenvalue weighted by Gasteiger charge is -2.41. The molecule has 0 radical (unpaired) electrons. The first-order chi connectivity index (χ1) is 18.8. The zero-order valence-corrected chi connectivity index (χ0v) is 22.5. The van der Waals surface area contributed by atoms with Crippen LogP contribution in [0.5, 0.6) is 0 Å². The SMILES string of the molecule is C[C@H]1COCCN1c1cc(C2(S(=O)(=O)c3ccccn3)CCC2)nc(-c2ccc(NC(=O)NCCO)cc2)n1. The van der Waals surface area contributed by atoms with Gasteiger partial charge in [-0.15, -0.1) is 0 Å². The molecule has 2 aromatic heterocycles. The average Bonchev–Trinajstić information content (AvgIpc) is 2.92. The maximum atomic E-state index is 13.9. The van der Waals surface area contributed by atoms with E-state index in [0.29, 0.717) is 61.2 Å². The molecule has 12 heteroatoms. The zero-order valence-electron chi connectivity index (χ0n) is 21.7. The van der Waals surface area contributed by atoms with Crippen LogP contribution in [0.1, 0.15) is 31.9 Å². The molecule has 1 atom stereocenters. The number of sulfone groups is 1. The van der Waals surface area contributed by atoms with Crippen LogP contribution in [-0.2, 0) is 19.3 Å². The number of morpholine rings is 1. The smallest absolute Gasteiger partial charge is 0.319 e. The summed E-state index contributed by atoms with van der Waals surface area (Å²) in [5.74, 6) is 1.05. The number of aromatic nitrogens is 3. The summed E-state index contributed by atoms with van der Waals surface area (Å²) in [6.45, 7) is 3.77. The number of hydrogen-bond donors (Lipinski definition) is 3. The molecule has 3 N–H and O–H groups in total. The Hall–Kier alpha value is -3.61. The van der Waals surface area contributed by atoms with Crippen LogP contribution in [0.15, 0.2) is 59.8 Å². The number of aliphatic hydroxyl groups is 1. The number of anilines is 2. The molecule has 39 heavy (non-hydrogen) atoms. The molecule has 2 aliphatic rings. The normalized spacial score (nSPS) is 18.7. The van der Waals surface area contributed by atoms with Crippen LogP contribution in [0.3, 0.4) is 0 Å². The summed E-state index contributed by atoms with van der Waals surface area (Å²) in [6.07, 6.45) is 3.16. The molecule has 11 nitrogen and oxygen atoms in total. The molecule has 0 spiro atoms. The fraction of sp³-hybridized carbons (Fsp3) is 0.407. The fourth-order valence-corrected chi connectivity index (χ4v) is 6.99. The van der Waals surface area contributed by atoms with Crippen LogP contribution in [0, 0.1) is 0 Å². The first kappa shape index (κ1) is 27.0. The van der Waals surface area contributed by atoms with Gasteiger partial charge in [0.05, 0.1) is 31.6 Å². The number of nitrogens with zero attached hydrogens (tertiary/aromatic N) is 4. The highest BCUT2D eigenvalue weighted by Crippen LogP contribution is 2.50. The number of pyridine rings is 1. The molecule has 2 amide bonds. The number of rotatable bonds is 8. The third-order valence-electron chi connectivity index (χ3n) is 7.23. The number of hydrogen-bond acceptors (Lipinski definition) is 9. The molecule has 1 saturated carbocycles. The Morgan fingerprint density at radius 1 is 1.18 bits per heavy atom. The van der Waals surface area contributed by atoms with E-state index in [4.69, 9.17) is 19.8 Å². The highest BCUT2D eigenvalue weighted by atomic mass is 32.2. The third-order valence-corrected chi connectivity index (χ3v) is 9.67. The summed E-state index contributed by atoms with van der Waals surface area (Å²) in [4.78, 5) is 27.9. The van der Waals surface area contributed by atoms with Gasteiger partial charge in [-0.25, -0.2) is 28.2 Å². The third kappa shape index (κ3) is 5.32. The predicted octanol–water partition coefficient (Wildman–Crippen LogP) is 2.73. The van der Waals surface area contributed by atoms with Crippen molar-refractivity contribution >= 4 is 27.4 Å². The van der Waals surface area contributed by atoms with E-state index >= 15 is 0 Å². The van der Waals surface area contributed by atoms with Gasteiger partial charge in [0.2, 0.25) is 9.84 Å². The number of nitrogens with one attached hydrogen (secondary N) is 2. The second-order valence-corrected chi connectivity index (χ2v) is 12.0. The number of carbonyl (C=O) groups excluding carboxylic acids is 1. The van der Waals surface area contributed by atoms with Gasteiger partial charge in [-0.1, -0.05) is 6.07 Å². The zero-order chi connectivity index (χ0) is 27.5. The van der Waals surface area contributed by atoms with Crippen molar-refractivity contribution in [2.75, 3.05) is 43.1 Å². The van der Waals surface area contributed by atoms with Crippen LogP contribution in [0.2, 0.25) is 0 Å². The number of urea groups is 1. The fourth-order valence-electron chi connectivity index (χ4n) is 4.93. The number of aliphatic hydroxyl groups excluding tert-OH is 1. The number of amides is 2. The largest absolute Gasteiger partial charge is 0.395 e. The summed E-state index contributed by atoms with van der Waals surface area (Å²) in [6, 6.07) is 13.4. The highest BCUT2D eigenvalue weighted by molar-refractivity contribution is 7.92. The van der Waals surface area contributed by atoms with Crippen LogP contribution < -0.4 is 15.5 Å². The van der Waals surface area contributed by atoms with Crippen molar-refractivity contribution in [2.45, 2.75) is 42.0 Å². The van der Waals surface area contributed by atoms with Gasteiger partial charge in [0.1, 0.15) is 10.6 Å². The summed E-state index contributed by atoms with van der Waals surface area (Å²) >= 11 is 0. The van der Waals surface area contributed by atoms with E-state index in [-0.39, 0.29) is 24.2 Å². The molecule has 1 aliphatic carbocycles. The topological polar surface area (TPSA) is 147 Å². The average molecular weight is 553 g/mol. The Morgan fingerprint density at radius 2 is 1.97 bits per heavy atom. The van der Waals surface area contributed by atoms with Crippen molar-refractivity contribution < 1.29 is 23.1 Å². The van der Waals surface area contributed by atoms with Gasteiger partial charge in [0, 0.05) is 36.6 Å². The van der Waals surface area contributed by atoms with Crippen molar-refractivity contribution in [1.82, 2.24) is 20.3 Å². The first-order valence-corrected chi connectivity index (χ1v) is 14.5. The van der Waals surface area contributed by atoms with Gasteiger partial charge < -0.3 is 25.4 Å². The summed E-state index contributed by atoms with van der Waals surface area (Å²) < 4.78 is 32.3. The highest BCUT2D eigenvalue weighted by Gasteiger charge is 2.53. The van der Waals surface area contributed by atoms with E-state index in [1.165, 1.54) is 12.3 Å². The molecule has 1 saturated heterocycles. The monoisotopic (exact) mass is 552 g/mol. The Balaban J connectivity index is 1.56. The number of ether oxygens (including phenoxy) is 1. The number of benzene rings is 1. The Kier molecular flexibility index (Phi) is 7.78. The van der Waals surface area contributed by atoms with Crippen LogP contribution in [0.4, 0.5) is 16.3 Å². The maximum absolute atomic E-state index is 13.9. The molecule has 3 heterocycles. The van der Waals surface area contributed by atoms with Crippen molar-refractivity contribution in [2.24, 2.45) is 0 Å². The molecule has 0 unspecified atom stereocenters. The van der Waals surface area contributed by atoms with Gasteiger partial charge in [0.25, 0.3) is 0 Å². The Morgan fingerprint density at radius 3 is 2.62 bits per heavy atom. The predicted molar refractivity (Wildman–Crippen MR) is 146 cm³/mol. The van der Waals surface area contributed by atoms with Gasteiger partial charge in [0.15, 0.2) is 10.9 Å². The van der Waals surface area contributed by atoms with Crippen LogP contribution in [-0.4, -0.2) is 73.5 Å². The van der Waals surface area contributed by atoms with Gasteiger partial charge in [-0.3, -0.25) is 0 Å². The Labute approximate surface area is 227 Å².